The summed E-state index contributed by atoms with van der Waals surface area (Å²) in [6, 6.07) is 7.31. The van der Waals surface area contributed by atoms with Crippen LogP contribution in [0.25, 0.3) is 0 Å². The lowest BCUT2D eigenvalue weighted by Gasteiger charge is -2.40. The average molecular weight is 289 g/mol. The number of nitrogens with two attached hydrogens (primary N) is 1. The largest absolute Gasteiger partial charge is 0.493 e. The molecule has 0 aromatic heterocycles. The standard InChI is InChI=1S/C17H27N3O/c1-19-8-9-20(2)16(12-19)15(18)5-3-13-4-6-17-14(11-13)7-10-21-17/h4,6,11,15-16H,3,5,7-10,12,18H2,1-2H3. The van der Waals surface area contributed by atoms with E-state index in [1.54, 1.807) is 0 Å². The molecule has 116 valence electrons. The first-order valence-corrected chi connectivity index (χ1v) is 8.02. The number of piperazine rings is 1. The van der Waals surface area contributed by atoms with Gasteiger partial charge in [-0.2, -0.15) is 0 Å². The average Bonchev–Trinajstić information content (AvgIpc) is 2.94. The third-order valence-electron chi connectivity index (χ3n) is 4.91. The number of benzene rings is 1. The van der Waals surface area contributed by atoms with Crippen molar-refractivity contribution in [1.82, 2.24) is 9.80 Å². The molecule has 1 aromatic rings. The fourth-order valence-corrected chi connectivity index (χ4v) is 3.43. The van der Waals surface area contributed by atoms with Gasteiger partial charge < -0.3 is 15.4 Å². The molecule has 0 amide bonds. The Bertz CT molecular complexity index is 491. The number of hydrogen-bond donors (Lipinski definition) is 1. The van der Waals surface area contributed by atoms with Crippen LogP contribution in [-0.2, 0) is 12.8 Å². The van der Waals surface area contributed by atoms with E-state index in [0.29, 0.717) is 6.04 Å². The first kappa shape index (κ1) is 14.8. The highest BCUT2D eigenvalue weighted by molar-refractivity contribution is 5.39. The summed E-state index contributed by atoms with van der Waals surface area (Å²) in [5, 5.41) is 0. The highest BCUT2D eigenvalue weighted by atomic mass is 16.5. The van der Waals surface area contributed by atoms with Gasteiger partial charge in [-0.25, -0.2) is 0 Å². The second-order valence-electron chi connectivity index (χ2n) is 6.55. The minimum atomic E-state index is 0.238. The summed E-state index contributed by atoms with van der Waals surface area (Å²) in [5.74, 6) is 1.07. The number of hydrogen-bond acceptors (Lipinski definition) is 4. The lowest BCUT2D eigenvalue weighted by molar-refractivity contribution is 0.0954. The van der Waals surface area contributed by atoms with Crippen molar-refractivity contribution in [3.8, 4) is 5.75 Å². The molecule has 4 nitrogen and oxygen atoms in total. The molecule has 1 fully saturated rings. The molecule has 0 radical (unpaired) electrons. The molecule has 0 saturated carbocycles. The van der Waals surface area contributed by atoms with Gasteiger partial charge in [0, 0.05) is 38.1 Å². The number of ether oxygens (including phenoxy) is 1. The van der Waals surface area contributed by atoms with Gasteiger partial charge >= 0.3 is 0 Å². The van der Waals surface area contributed by atoms with Gasteiger partial charge in [0.2, 0.25) is 0 Å². The SMILES string of the molecule is CN1CCN(C)C(C(N)CCc2ccc3c(c2)CCO3)C1. The molecule has 2 aliphatic rings. The first-order valence-electron chi connectivity index (χ1n) is 8.02. The Balaban J connectivity index is 1.56. The number of fused-ring (bicyclic) bond motifs is 1. The maximum atomic E-state index is 6.47. The van der Waals surface area contributed by atoms with Gasteiger partial charge in [-0.05, 0) is 44.1 Å². The summed E-state index contributed by atoms with van der Waals surface area (Å²) >= 11 is 0. The van der Waals surface area contributed by atoms with Crippen molar-refractivity contribution in [2.45, 2.75) is 31.3 Å². The summed E-state index contributed by atoms with van der Waals surface area (Å²) in [7, 11) is 4.39. The molecule has 0 aliphatic carbocycles. The number of nitrogens with zero attached hydrogens (tertiary/aromatic N) is 2. The van der Waals surface area contributed by atoms with Crippen LogP contribution >= 0.6 is 0 Å². The van der Waals surface area contributed by atoms with Crippen molar-refractivity contribution in [3.63, 3.8) is 0 Å². The highest BCUT2D eigenvalue weighted by Gasteiger charge is 2.27. The van der Waals surface area contributed by atoms with Crippen molar-refractivity contribution >= 4 is 0 Å². The van der Waals surface area contributed by atoms with Gasteiger partial charge in [0.25, 0.3) is 0 Å². The van der Waals surface area contributed by atoms with E-state index in [1.165, 1.54) is 11.1 Å². The second-order valence-corrected chi connectivity index (χ2v) is 6.55. The monoisotopic (exact) mass is 289 g/mol. The molecule has 3 rings (SSSR count). The topological polar surface area (TPSA) is 41.7 Å². The van der Waals surface area contributed by atoms with Crippen LogP contribution in [0.2, 0.25) is 0 Å². The Kier molecular flexibility index (Phi) is 4.48. The quantitative estimate of drug-likeness (QED) is 0.902. The fourth-order valence-electron chi connectivity index (χ4n) is 3.43. The lowest BCUT2D eigenvalue weighted by Crippen LogP contribution is -2.57. The Hall–Kier alpha value is -1.10. The molecule has 21 heavy (non-hydrogen) atoms. The zero-order valence-electron chi connectivity index (χ0n) is 13.2. The third kappa shape index (κ3) is 3.39. The number of aryl methyl sites for hydroxylation is 1. The van der Waals surface area contributed by atoms with E-state index < -0.39 is 0 Å². The van der Waals surface area contributed by atoms with Crippen LogP contribution in [0.15, 0.2) is 18.2 Å². The van der Waals surface area contributed by atoms with Crippen molar-refractivity contribution in [2.24, 2.45) is 5.73 Å². The van der Waals surface area contributed by atoms with Crippen molar-refractivity contribution < 1.29 is 4.74 Å². The summed E-state index contributed by atoms with van der Waals surface area (Å²) in [4.78, 5) is 4.80. The highest BCUT2D eigenvalue weighted by Crippen LogP contribution is 2.26. The van der Waals surface area contributed by atoms with Crippen LogP contribution in [-0.4, -0.2) is 62.2 Å². The maximum Gasteiger partial charge on any atom is 0.122 e. The number of rotatable bonds is 4. The van der Waals surface area contributed by atoms with Crippen LogP contribution < -0.4 is 10.5 Å². The summed E-state index contributed by atoms with van der Waals surface area (Å²) in [6.07, 6.45) is 3.15. The Morgan fingerprint density at radius 3 is 3.05 bits per heavy atom. The minimum absolute atomic E-state index is 0.238. The molecular weight excluding hydrogens is 262 g/mol. The number of likely N-dealkylation sites (N-methyl/N-ethyl adjacent to an activating group) is 2. The molecule has 2 atom stereocenters. The first-order chi connectivity index (χ1) is 10.1. The van der Waals surface area contributed by atoms with Crippen LogP contribution in [0, 0.1) is 0 Å². The lowest BCUT2D eigenvalue weighted by atomic mass is 9.96. The molecule has 0 spiro atoms. The van der Waals surface area contributed by atoms with Crippen molar-refractivity contribution in [3.05, 3.63) is 29.3 Å². The van der Waals surface area contributed by atoms with Gasteiger partial charge in [0.05, 0.1) is 6.61 Å². The normalized spacial score (nSPS) is 24.6. The smallest absolute Gasteiger partial charge is 0.122 e. The molecule has 2 aliphatic heterocycles. The van der Waals surface area contributed by atoms with E-state index in [0.717, 1.165) is 51.3 Å². The molecule has 1 saturated heterocycles. The fraction of sp³-hybridized carbons (Fsp3) is 0.647. The van der Waals surface area contributed by atoms with Crippen LogP contribution in [0.1, 0.15) is 17.5 Å². The van der Waals surface area contributed by atoms with Gasteiger partial charge in [0.15, 0.2) is 0 Å². The van der Waals surface area contributed by atoms with E-state index in [9.17, 15) is 0 Å². The van der Waals surface area contributed by atoms with E-state index in [1.807, 2.05) is 0 Å². The summed E-state index contributed by atoms with van der Waals surface area (Å²) < 4.78 is 5.56. The van der Waals surface area contributed by atoms with Crippen LogP contribution in [0.5, 0.6) is 5.75 Å². The van der Waals surface area contributed by atoms with E-state index >= 15 is 0 Å². The Morgan fingerprint density at radius 1 is 1.33 bits per heavy atom. The minimum Gasteiger partial charge on any atom is -0.493 e. The van der Waals surface area contributed by atoms with E-state index in [-0.39, 0.29) is 6.04 Å². The molecule has 0 bridgehead atoms. The van der Waals surface area contributed by atoms with Crippen molar-refractivity contribution in [2.75, 3.05) is 40.3 Å². The zero-order chi connectivity index (χ0) is 14.8. The Morgan fingerprint density at radius 2 is 2.19 bits per heavy atom. The Labute approximate surface area is 127 Å². The van der Waals surface area contributed by atoms with Gasteiger partial charge in [-0.3, -0.25) is 4.90 Å². The second kappa shape index (κ2) is 6.34. The van der Waals surface area contributed by atoms with Crippen molar-refractivity contribution in [1.29, 1.82) is 0 Å². The van der Waals surface area contributed by atoms with Gasteiger partial charge in [0.1, 0.15) is 5.75 Å². The zero-order valence-corrected chi connectivity index (χ0v) is 13.2. The van der Waals surface area contributed by atoms with Gasteiger partial charge in [-0.1, -0.05) is 12.1 Å². The van der Waals surface area contributed by atoms with Crippen LogP contribution in [0.3, 0.4) is 0 Å². The molecular formula is C17H27N3O. The van der Waals surface area contributed by atoms with E-state index in [2.05, 4.69) is 42.1 Å². The van der Waals surface area contributed by atoms with Crippen LogP contribution in [0.4, 0.5) is 0 Å². The summed E-state index contributed by atoms with van der Waals surface area (Å²) in [6.45, 7) is 4.17. The summed E-state index contributed by atoms with van der Waals surface area (Å²) in [5.41, 5.74) is 9.22. The molecule has 2 heterocycles. The van der Waals surface area contributed by atoms with E-state index in [4.69, 9.17) is 10.5 Å². The predicted octanol–water partition coefficient (Wildman–Crippen LogP) is 1.13. The molecule has 2 N–H and O–H groups in total. The molecule has 4 heteroatoms. The molecule has 2 unspecified atom stereocenters. The predicted molar refractivity (Wildman–Crippen MR) is 85.9 cm³/mol. The maximum absolute atomic E-state index is 6.47. The third-order valence-corrected chi connectivity index (χ3v) is 4.91. The van der Waals surface area contributed by atoms with Gasteiger partial charge in [-0.15, -0.1) is 0 Å². The molecule has 1 aromatic carbocycles.